The summed E-state index contributed by atoms with van der Waals surface area (Å²) in [6.07, 6.45) is 0. The van der Waals surface area contributed by atoms with Crippen LogP contribution in [0.2, 0.25) is 0 Å². The van der Waals surface area contributed by atoms with Crippen molar-refractivity contribution < 1.29 is 18.0 Å². The van der Waals surface area contributed by atoms with Crippen molar-refractivity contribution in [3.05, 3.63) is 65.7 Å². The first kappa shape index (κ1) is 24.6. The third kappa shape index (κ3) is 6.63. The number of nitrogens with zero attached hydrogens (tertiary/aromatic N) is 2. The Kier molecular flexibility index (Phi) is 8.36. The number of hydrogen-bond acceptors (Lipinski definition) is 4. The summed E-state index contributed by atoms with van der Waals surface area (Å²) in [5.74, 6) is -0.739. The molecule has 8 heteroatoms. The highest BCUT2D eigenvalue weighted by Gasteiger charge is 2.30. The second kappa shape index (κ2) is 10.5. The summed E-state index contributed by atoms with van der Waals surface area (Å²) in [6.45, 7) is 7.03. The Balaban J connectivity index is 2.24. The Morgan fingerprint density at radius 2 is 1.55 bits per heavy atom. The third-order valence-electron chi connectivity index (χ3n) is 4.88. The van der Waals surface area contributed by atoms with Gasteiger partial charge in [-0.15, -0.1) is 0 Å². The zero-order valence-corrected chi connectivity index (χ0v) is 19.5. The Morgan fingerprint density at radius 3 is 2.10 bits per heavy atom. The fraction of sp³-hybridized carbons (Fsp3) is 0.391. The molecule has 0 saturated carbocycles. The van der Waals surface area contributed by atoms with E-state index in [-0.39, 0.29) is 29.9 Å². The molecule has 31 heavy (non-hydrogen) atoms. The minimum Gasteiger partial charge on any atom is -0.352 e. The van der Waals surface area contributed by atoms with Gasteiger partial charge in [-0.1, -0.05) is 48.0 Å². The lowest BCUT2D eigenvalue weighted by Gasteiger charge is -2.30. The van der Waals surface area contributed by atoms with Crippen LogP contribution >= 0.6 is 0 Å². The van der Waals surface area contributed by atoms with E-state index < -0.39 is 22.0 Å². The number of rotatable bonds is 9. The van der Waals surface area contributed by atoms with E-state index in [1.54, 1.807) is 19.1 Å². The van der Waals surface area contributed by atoms with Crippen molar-refractivity contribution in [3.63, 3.8) is 0 Å². The molecule has 0 radical (unpaired) electrons. The fourth-order valence-electron chi connectivity index (χ4n) is 3.02. The predicted octanol–water partition coefficient (Wildman–Crippen LogP) is 2.56. The number of amides is 2. The summed E-state index contributed by atoms with van der Waals surface area (Å²) in [5, 5.41) is 2.81. The summed E-state index contributed by atoms with van der Waals surface area (Å²) in [7, 11) is -2.47. The quantitative estimate of drug-likeness (QED) is 0.643. The van der Waals surface area contributed by atoms with Gasteiger partial charge in [-0.2, -0.15) is 4.31 Å². The van der Waals surface area contributed by atoms with Crippen LogP contribution in [0.25, 0.3) is 0 Å². The minimum absolute atomic E-state index is 0.0757. The Morgan fingerprint density at radius 1 is 0.968 bits per heavy atom. The maximum absolute atomic E-state index is 13.2. The van der Waals surface area contributed by atoms with E-state index in [1.165, 1.54) is 24.1 Å². The van der Waals surface area contributed by atoms with Gasteiger partial charge in [0.2, 0.25) is 21.8 Å². The number of carbonyl (C=O) groups is 2. The monoisotopic (exact) mass is 445 g/mol. The molecule has 2 aromatic rings. The Labute approximate surface area is 185 Å². The van der Waals surface area contributed by atoms with Gasteiger partial charge in [0.15, 0.2) is 0 Å². The molecule has 2 aromatic carbocycles. The molecule has 0 aliphatic rings. The van der Waals surface area contributed by atoms with Gasteiger partial charge >= 0.3 is 0 Å². The zero-order valence-electron chi connectivity index (χ0n) is 18.7. The summed E-state index contributed by atoms with van der Waals surface area (Å²) in [6, 6.07) is 14.9. The van der Waals surface area contributed by atoms with Crippen LogP contribution in [0.15, 0.2) is 59.5 Å². The molecular formula is C23H31N3O4S. The average molecular weight is 446 g/mol. The molecule has 7 nitrogen and oxygen atoms in total. The number of sulfonamides is 1. The normalized spacial score (nSPS) is 12.6. The predicted molar refractivity (Wildman–Crippen MR) is 121 cm³/mol. The summed E-state index contributed by atoms with van der Waals surface area (Å²) in [5.41, 5.74) is 1.79. The van der Waals surface area contributed by atoms with Crippen molar-refractivity contribution in [2.45, 2.75) is 51.2 Å². The number of benzene rings is 2. The molecule has 168 valence electrons. The lowest BCUT2D eigenvalue weighted by Crippen LogP contribution is -2.51. The minimum atomic E-state index is -3.84. The first-order chi connectivity index (χ1) is 14.5. The van der Waals surface area contributed by atoms with Crippen LogP contribution in [0.5, 0.6) is 0 Å². The molecule has 0 aliphatic carbocycles. The summed E-state index contributed by atoms with van der Waals surface area (Å²) in [4.78, 5) is 27.3. The molecule has 1 N–H and O–H groups in total. The molecule has 0 aromatic heterocycles. The van der Waals surface area contributed by atoms with E-state index in [9.17, 15) is 18.0 Å². The van der Waals surface area contributed by atoms with Crippen molar-refractivity contribution in [2.75, 3.05) is 13.6 Å². The molecule has 2 rings (SSSR count). The molecule has 0 heterocycles. The van der Waals surface area contributed by atoms with E-state index in [4.69, 9.17) is 0 Å². The smallest absolute Gasteiger partial charge is 0.243 e. The standard InChI is InChI=1S/C23H31N3O4S/c1-17(2)24-23(28)19(4)26(15-20-9-7-6-8-10-20)22(27)16-25(5)31(29,30)21-13-11-18(3)12-14-21/h6-14,17,19H,15-16H2,1-5H3,(H,24,28). The molecule has 0 spiro atoms. The second-order valence-electron chi connectivity index (χ2n) is 7.92. The fourth-order valence-corrected chi connectivity index (χ4v) is 4.14. The van der Waals surface area contributed by atoms with Crippen molar-refractivity contribution in [2.24, 2.45) is 0 Å². The van der Waals surface area contributed by atoms with Gasteiger partial charge in [0.25, 0.3) is 0 Å². The number of likely N-dealkylation sites (N-methyl/N-ethyl adjacent to an activating group) is 1. The highest BCUT2D eigenvalue weighted by Crippen LogP contribution is 2.16. The highest BCUT2D eigenvalue weighted by atomic mass is 32.2. The first-order valence-electron chi connectivity index (χ1n) is 10.2. The Bertz CT molecular complexity index is 989. The van der Waals surface area contributed by atoms with Crippen LogP contribution in [0.3, 0.4) is 0 Å². The van der Waals surface area contributed by atoms with Gasteiger partial charge in [0.05, 0.1) is 11.4 Å². The molecule has 2 amide bonds. The van der Waals surface area contributed by atoms with Gasteiger partial charge in [0, 0.05) is 19.6 Å². The lowest BCUT2D eigenvalue weighted by molar-refractivity contribution is -0.140. The Hall–Kier alpha value is -2.71. The van der Waals surface area contributed by atoms with Gasteiger partial charge in [-0.3, -0.25) is 9.59 Å². The average Bonchev–Trinajstić information content (AvgIpc) is 2.72. The van der Waals surface area contributed by atoms with Crippen LogP contribution in [-0.2, 0) is 26.2 Å². The van der Waals surface area contributed by atoms with Gasteiger partial charge in [-0.05, 0) is 45.4 Å². The number of nitrogens with one attached hydrogen (secondary N) is 1. The van der Waals surface area contributed by atoms with Gasteiger partial charge < -0.3 is 10.2 Å². The van der Waals surface area contributed by atoms with Crippen LogP contribution in [-0.4, -0.2) is 55.1 Å². The molecule has 0 fully saturated rings. The van der Waals surface area contributed by atoms with E-state index in [0.717, 1.165) is 15.4 Å². The van der Waals surface area contributed by atoms with Crippen LogP contribution in [0, 0.1) is 6.92 Å². The first-order valence-corrected chi connectivity index (χ1v) is 11.6. The molecule has 0 bridgehead atoms. The lowest BCUT2D eigenvalue weighted by atomic mass is 10.1. The van der Waals surface area contributed by atoms with E-state index >= 15 is 0 Å². The molecule has 1 unspecified atom stereocenters. The maximum Gasteiger partial charge on any atom is 0.243 e. The highest BCUT2D eigenvalue weighted by molar-refractivity contribution is 7.89. The summed E-state index contributed by atoms with van der Waals surface area (Å²) >= 11 is 0. The van der Waals surface area contributed by atoms with E-state index in [2.05, 4.69) is 5.32 Å². The largest absolute Gasteiger partial charge is 0.352 e. The van der Waals surface area contributed by atoms with Crippen molar-refractivity contribution in [3.8, 4) is 0 Å². The van der Waals surface area contributed by atoms with Gasteiger partial charge in [-0.25, -0.2) is 8.42 Å². The second-order valence-corrected chi connectivity index (χ2v) is 9.97. The maximum atomic E-state index is 13.2. The van der Waals surface area contributed by atoms with E-state index in [1.807, 2.05) is 51.1 Å². The van der Waals surface area contributed by atoms with Crippen LogP contribution < -0.4 is 5.32 Å². The van der Waals surface area contributed by atoms with Crippen LogP contribution in [0.4, 0.5) is 0 Å². The molecule has 1 atom stereocenters. The molecular weight excluding hydrogens is 414 g/mol. The molecule has 0 saturated heterocycles. The number of carbonyl (C=O) groups excluding carboxylic acids is 2. The van der Waals surface area contributed by atoms with Crippen LogP contribution in [0.1, 0.15) is 31.9 Å². The van der Waals surface area contributed by atoms with Gasteiger partial charge in [0.1, 0.15) is 6.04 Å². The summed E-state index contributed by atoms with van der Waals surface area (Å²) < 4.78 is 26.8. The number of aryl methyl sites for hydroxylation is 1. The topological polar surface area (TPSA) is 86.8 Å². The third-order valence-corrected chi connectivity index (χ3v) is 6.70. The van der Waals surface area contributed by atoms with Crippen molar-refractivity contribution in [1.29, 1.82) is 0 Å². The number of hydrogen-bond donors (Lipinski definition) is 1. The van der Waals surface area contributed by atoms with Crippen molar-refractivity contribution in [1.82, 2.24) is 14.5 Å². The van der Waals surface area contributed by atoms with Crippen molar-refractivity contribution >= 4 is 21.8 Å². The van der Waals surface area contributed by atoms with E-state index in [0.29, 0.717) is 0 Å². The zero-order chi connectivity index (χ0) is 23.2. The molecule has 0 aliphatic heterocycles. The SMILES string of the molecule is Cc1ccc(S(=O)(=O)N(C)CC(=O)N(Cc2ccccc2)C(C)C(=O)NC(C)C)cc1.